The molecule has 0 aromatic heterocycles. The van der Waals surface area contributed by atoms with Crippen molar-refractivity contribution in [2.24, 2.45) is 0 Å². The molecule has 0 spiro atoms. The first-order valence-electron chi connectivity index (χ1n) is 6.98. The number of nitrogens with zero attached hydrogens (tertiary/aromatic N) is 2. The van der Waals surface area contributed by atoms with Crippen molar-refractivity contribution in [2.45, 2.75) is 45.2 Å². The van der Waals surface area contributed by atoms with Crippen molar-refractivity contribution in [3.05, 3.63) is 0 Å². The number of piperidine rings is 1. The zero-order valence-electron chi connectivity index (χ0n) is 11.3. The number of nitrogens with one attached hydrogen (secondary N) is 1. The first-order valence-corrected chi connectivity index (χ1v) is 6.98. The summed E-state index contributed by atoms with van der Waals surface area (Å²) in [5.41, 5.74) is 0. The van der Waals surface area contributed by atoms with Gasteiger partial charge in [-0.05, 0) is 32.9 Å². The van der Waals surface area contributed by atoms with Crippen molar-refractivity contribution in [1.82, 2.24) is 15.1 Å². The molecule has 2 atom stereocenters. The van der Waals surface area contributed by atoms with Gasteiger partial charge in [0, 0.05) is 19.1 Å². The summed E-state index contributed by atoms with van der Waals surface area (Å²) in [4.78, 5) is 27.4. The standard InChI is InChI=1S/C13H23N3O2/c1-3-15-7-5-6-10(9-15)14-11-8-12(17)16(4-2)13(11)18/h10-11,14H,3-9H2,1-2H3. The second kappa shape index (κ2) is 5.80. The molecular formula is C13H23N3O2. The first-order chi connectivity index (χ1) is 8.65. The maximum Gasteiger partial charge on any atom is 0.246 e. The maximum absolute atomic E-state index is 12.0. The van der Waals surface area contributed by atoms with E-state index >= 15 is 0 Å². The summed E-state index contributed by atoms with van der Waals surface area (Å²) < 4.78 is 0. The average Bonchev–Trinajstić information content (AvgIpc) is 2.64. The van der Waals surface area contributed by atoms with Crippen molar-refractivity contribution in [3.63, 3.8) is 0 Å². The summed E-state index contributed by atoms with van der Waals surface area (Å²) in [6.07, 6.45) is 2.59. The van der Waals surface area contributed by atoms with Crippen LogP contribution in [0.25, 0.3) is 0 Å². The van der Waals surface area contributed by atoms with Gasteiger partial charge in [-0.25, -0.2) is 0 Å². The number of rotatable bonds is 4. The Balaban J connectivity index is 1.90. The highest BCUT2D eigenvalue weighted by molar-refractivity contribution is 6.05. The summed E-state index contributed by atoms with van der Waals surface area (Å²) in [5.74, 6) is -0.0840. The fourth-order valence-electron chi connectivity index (χ4n) is 2.91. The summed E-state index contributed by atoms with van der Waals surface area (Å²) >= 11 is 0. The topological polar surface area (TPSA) is 52.7 Å². The molecule has 2 rings (SSSR count). The molecule has 2 aliphatic rings. The van der Waals surface area contributed by atoms with Gasteiger partial charge in [0.2, 0.25) is 11.8 Å². The number of carbonyl (C=O) groups excluding carboxylic acids is 2. The van der Waals surface area contributed by atoms with Crippen LogP contribution in [0.15, 0.2) is 0 Å². The monoisotopic (exact) mass is 253 g/mol. The Morgan fingerprint density at radius 1 is 1.28 bits per heavy atom. The van der Waals surface area contributed by atoms with Crippen LogP contribution in [0.4, 0.5) is 0 Å². The van der Waals surface area contributed by atoms with E-state index < -0.39 is 0 Å². The fourth-order valence-corrected chi connectivity index (χ4v) is 2.91. The molecular weight excluding hydrogens is 230 g/mol. The molecule has 0 aromatic carbocycles. The highest BCUT2D eigenvalue weighted by atomic mass is 16.2. The molecule has 2 saturated heterocycles. The summed E-state index contributed by atoms with van der Waals surface area (Å²) in [6.45, 7) is 7.68. The van der Waals surface area contributed by atoms with E-state index in [0.717, 1.165) is 32.5 Å². The molecule has 0 bridgehead atoms. The number of likely N-dealkylation sites (tertiary alicyclic amines) is 2. The highest BCUT2D eigenvalue weighted by Gasteiger charge is 2.38. The number of hydrogen-bond acceptors (Lipinski definition) is 4. The van der Waals surface area contributed by atoms with Crippen molar-refractivity contribution >= 4 is 11.8 Å². The van der Waals surface area contributed by atoms with E-state index in [2.05, 4.69) is 17.1 Å². The Morgan fingerprint density at radius 2 is 2.06 bits per heavy atom. The Kier molecular flexibility index (Phi) is 4.35. The van der Waals surface area contributed by atoms with E-state index in [0.29, 0.717) is 19.0 Å². The molecule has 5 nitrogen and oxygen atoms in total. The van der Waals surface area contributed by atoms with Crippen molar-refractivity contribution in [2.75, 3.05) is 26.2 Å². The smallest absolute Gasteiger partial charge is 0.246 e. The molecule has 2 amide bonds. The molecule has 0 radical (unpaired) electrons. The van der Waals surface area contributed by atoms with Gasteiger partial charge in [0.25, 0.3) is 0 Å². The van der Waals surface area contributed by atoms with E-state index in [1.54, 1.807) is 0 Å². The van der Waals surface area contributed by atoms with E-state index in [-0.39, 0.29) is 17.9 Å². The minimum absolute atomic E-state index is 0.0387. The van der Waals surface area contributed by atoms with Crippen LogP contribution in [0.2, 0.25) is 0 Å². The fraction of sp³-hybridized carbons (Fsp3) is 0.846. The van der Waals surface area contributed by atoms with Crippen LogP contribution >= 0.6 is 0 Å². The zero-order valence-corrected chi connectivity index (χ0v) is 11.3. The van der Waals surface area contributed by atoms with Gasteiger partial charge in [0.05, 0.1) is 12.5 Å². The van der Waals surface area contributed by atoms with Gasteiger partial charge in [-0.2, -0.15) is 0 Å². The SMILES string of the molecule is CCN1CCCC(NC2CC(=O)N(CC)C2=O)C1. The van der Waals surface area contributed by atoms with Crippen LogP contribution in [0, 0.1) is 0 Å². The second-order valence-electron chi connectivity index (χ2n) is 5.13. The van der Waals surface area contributed by atoms with Gasteiger partial charge >= 0.3 is 0 Å². The van der Waals surface area contributed by atoms with Gasteiger partial charge in [-0.15, -0.1) is 0 Å². The van der Waals surface area contributed by atoms with Gasteiger partial charge < -0.3 is 10.2 Å². The van der Waals surface area contributed by atoms with Crippen LogP contribution in [0.3, 0.4) is 0 Å². The molecule has 2 heterocycles. The lowest BCUT2D eigenvalue weighted by Gasteiger charge is -2.33. The zero-order chi connectivity index (χ0) is 13.1. The number of imide groups is 1. The number of carbonyl (C=O) groups is 2. The number of likely N-dealkylation sites (N-methyl/N-ethyl adjacent to an activating group) is 2. The van der Waals surface area contributed by atoms with Crippen molar-refractivity contribution in [3.8, 4) is 0 Å². The Morgan fingerprint density at radius 3 is 2.67 bits per heavy atom. The molecule has 0 saturated carbocycles. The van der Waals surface area contributed by atoms with Crippen LogP contribution in [-0.2, 0) is 9.59 Å². The highest BCUT2D eigenvalue weighted by Crippen LogP contribution is 2.16. The minimum atomic E-state index is -0.292. The van der Waals surface area contributed by atoms with Crippen LogP contribution in [0.1, 0.15) is 33.1 Å². The van der Waals surface area contributed by atoms with Crippen molar-refractivity contribution < 1.29 is 9.59 Å². The maximum atomic E-state index is 12.0. The van der Waals surface area contributed by atoms with Gasteiger partial charge in [0.1, 0.15) is 0 Å². The van der Waals surface area contributed by atoms with E-state index in [1.165, 1.54) is 4.90 Å². The van der Waals surface area contributed by atoms with E-state index in [9.17, 15) is 9.59 Å². The Bertz CT molecular complexity index is 332. The minimum Gasteiger partial charge on any atom is -0.302 e. The summed E-state index contributed by atoms with van der Waals surface area (Å²) in [6, 6.07) is 0.0523. The molecule has 2 fully saturated rings. The van der Waals surface area contributed by atoms with E-state index in [1.807, 2.05) is 6.92 Å². The molecule has 5 heteroatoms. The largest absolute Gasteiger partial charge is 0.302 e. The number of amides is 2. The van der Waals surface area contributed by atoms with Gasteiger partial charge in [0.15, 0.2) is 0 Å². The van der Waals surface area contributed by atoms with Crippen LogP contribution in [-0.4, -0.2) is 59.9 Å². The lowest BCUT2D eigenvalue weighted by Crippen LogP contribution is -2.51. The Hall–Kier alpha value is -0.940. The third-order valence-electron chi connectivity index (χ3n) is 3.95. The molecule has 0 aliphatic carbocycles. The lowest BCUT2D eigenvalue weighted by molar-refractivity contribution is -0.138. The molecule has 102 valence electrons. The average molecular weight is 253 g/mol. The molecule has 18 heavy (non-hydrogen) atoms. The predicted octanol–water partition coefficient (Wildman–Crippen LogP) is 0.208. The molecule has 0 aromatic rings. The molecule has 1 N–H and O–H groups in total. The van der Waals surface area contributed by atoms with Gasteiger partial charge in [-0.3, -0.25) is 14.5 Å². The third-order valence-corrected chi connectivity index (χ3v) is 3.95. The molecule has 2 aliphatic heterocycles. The molecule has 2 unspecified atom stereocenters. The lowest BCUT2D eigenvalue weighted by atomic mass is 10.0. The number of hydrogen-bond donors (Lipinski definition) is 1. The summed E-state index contributed by atoms with van der Waals surface area (Å²) in [7, 11) is 0. The van der Waals surface area contributed by atoms with E-state index in [4.69, 9.17) is 0 Å². The quantitative estimate of drug-likeness (QED) is 0.728. The second-order valence-corrected chi connectivity index (χ2v) is 5.13. The Labute approximate surface area is 108 Å². The third kappa shape index (κ3) is 2.72. The first kappa shape index (κ1) is 13.5. The summed E-state index contributed by atoms with van der Waals surface area (Å²) in [5, 5.41) is 3.37. The van der Waals surface area contributed by atoms with Gasteiger partial charge in [-0.1, -0.05) is 6.92 Å². The van der Waals surface area contributed by atoms with Crippen LogP contribution < -0.4 is 5.32 Å². The van der Waals surface area contributed by atoms with Crippen molar-refractivity contribution in [1.29, 1.82) is 0 Å². The predicted molar refractivity (Wildman–Crippen MR) is 69.1 cm³/mol. The normalized spacial score (nSPS) is 30.2. The van der Waals surface area contributed by atoms with Crippen LogP contribution in [0.5, 0.6) is 0 Å².